The molecule has 3 aromatic rings. The molecule has 2 aromatic heterocycles. The summed E-state index contributed by atoms with van der Waals surface area (Å²) in [4.78, 5) is 28.7. The summed E-state index contributed by atoms with van der Waals surface area (Å²) in [6.45, 7) is 3.51. The Morgan fingerprint density at radius 2 is 2.11 bits per heavy atom. The maximum atomic E-state index is 13.4. The van der Waals surface area contributed by atoms with E-state index in [2.05, 4.69) is 23.9 Å². The summed E-state index contributed by atoms with van der Waals surface area (Å²) in [5.41, 5.74) is -0.0149. The Morgan fingerprint density at radius 1 is 1.33 bits per heavy atom. The van der Waals surface area contributed by atoms with Crippen LogP contribution in [0, 0.1) is 11.7 Å². The van der Waals surface area contributed by atoms with Crippen LogP contribution in [0.15, 0.2) is 35.1 Å². The summed E-state index contributed by atoms with van der Waals surface area (Å²) in [7, 11) is 0. The normalized spacial score (nSPS) is 11.1. The average Bonchev–Trinajstić information content (AvgIpc) is 3.01. The molecule has 0 bridgehead atoms. The van der Waals surface area contributed by atoms with Gasteiger partial charge in [0.15, 0.2) is 18.2 Å². The SMILES string of the molecule is CC(C)Cc1nn2c(=O)cc(COC(=O)COc3ccccc3F)nc2s1. The van der Waals surface area contributed by atoms with Gasteiger partial charge in [-0.15, -0.1) is 0 Å². The summed E-state index contributed by atoms with van der Waals surface area (Å²) >= 11 is 1.33. The Hall–Kier alpha value is -2.81. The van der Waals surface area contributed by atoms with Crippen LogP contribution in [-0.2, 0) is 22.6 Å². The van der Waals surface area contributed by atoms with Gasteiger partial charge in [-0.25, -0.2) is 14.2 Å². The van der Waals surface area contributed by atoms with E-state index in [1.807, 2.05) is 0 Å². The predicted octanol–water partition coefficient (Wildman–Crippen LogP) is 2.61. The Bertz CT molecular complexity index is 1020. The minimum Gasteiger partial charge on any atom is -0.479 e. The summed E-state index contributed by atoms with van der Waals surface area (Å²) < 4.78 is 24.8. The first-order chi connectivity index (χ1) is 12.9. The Balaban J connectivity index is 1.61. The molecule has 1 aromatic carbocycles. The molecule has 0 saturated heterocycles. The second-order valence-electron chi connectivity index (χ2n) is 6.25. The van der Waals surface area contributed by atoms with E-state index in [0.29, 0.717) is 16.6 Å². The highest BCUT2D eigenvalue weighted by atomic mass is 32.1. The van der Waals surface area contributed by atoms with E-state index in [1.165, 1.54) is 40.1 Å². The molecule has 0 radical (unpaired) electrons. The third-order valence-electron chi connectivity index (χ3n) is 3.49. The van der Waals surface area contributed by atoms with Crippen LogP contribution in [0.4, 0.5) is 4.39 Å². The molecular formula is C18H18FN3O4S. The van der Waals surface area contributed by atoms with Crippen molar-refractivity contribution in [2.45, 2.75) is 26.9 Å². The predicted molar refractivity (Wildman–Crippen MR) is 97.4 cm³/mol. The number of carbonyl (C=O) groups excluding carboxylic acids is 1. The number of nitrogens with zero attached hydrogens (tertiary/aromatic N) is 3. The first-order valence-electron chi connectivity index (χ1n) is 8.34. The molecule has 7 nitrogen and oxygen atoms in total. The second-order valence-corrected chi connectivity index (χ2v) is 7.29. The van der Waals surface area contributed by atoms with Gasteiger partial charge in [0.1, 0.15) is 11.6 Å². The molecule has 0 aliphatic carbocycles. The molecule has 0 aliphatic rings. The molecule has 0 spiro atoms. The van der Waals surface area contributed by atoms with E-state index in [1.54, 1.807) is 6.07 Å². The fourth-order valence-corrected chi connectivity index (χ4v) is 3.43. The van der Waals surface area contributed by atoms with Gasteiger partial charge >= 0.3 is 5.97 Å². The van der Waals surface area contributed by atoms with Crippen molar-refractivity contribution in [2.24, 2.45) is 5.92 Å². The van der Waals surface area contributed by atoms with Crippen molar-refractivity contribution in [3.8, 4) is 5.75 Å². The van der Waals surface area contributed by atoms with Crippen molar-refractivity contribution < 1.29 is 18.7 Å². The van der Waals surface area contributed by atoms with Crippen LogP contribution in [0.25, 0.3) is 4.96 Å². The van der Waals surface area contributed by atoms with Gasteiger partial charge in [-0.05, 0) is 18.1 Å². The molecule has 9 heteroatoms. The van der Waals surface area contributed by atoms with E-state index < -0.39 is 18.4 Å². The van der Waals surface area contributed by atoms with Crippen LogP contribution < -0.4 is 10.3 Å². The van der Waals surface area contributed by atoms with Crippen molar-refractivity contribution in [1.82, 2.24) is 14.6 Å². The largest absolute Gasteiger partial charge is 0.479 e. The zero-order chi connectivity index (χ0) is 19.4. The van der Waals surface area contributed by atoms with Gasteiger partial charge in [-0.1, -0.05) is 37.3 Å². The molecule has 27 heavy (non-hydrogen) atoms. The number of para-hydroxylation sites is 1. The molecule has 0 amide bonds. The van der Waals surface area contributed by atoms with Gasteiger partial charge in [-0.2, -0.15) is 9.61 Å². The summed E-state index contributed by atoms with van der Waals surface area (Å²) in [6, 6.07) is 7.04. The number of aromatic nitrogens is 3. The number of carbonyl (C=O) groups is 1. The van der Waals surface area contributed by atoms with Gasteiger partial charge in [0.05, 0.1) is 5.69 Å². The summed E-state index contributed by atoms with van der Waals surface area (Å²) in [5.74, 6) is -0.872. The number of fused-ring (bicyclic) bond motifs is 1. The van der Waals surface area contributed by atoms with Crippen LogP contribution in [0.3, 0.4) is 0 Å². The third kappa shape index (κ3) is 4.88. The van der Waals surface area contributed by atoms with Gasteiger partial charge in [0, 0.05) is 12.5 Å². The van der Waals surface area contributed by atoms with Gasteiger partial charge in [-0.3, -0.25) is 4.79 Å². The quantitative estimate of drug-likeness (QED) is 0.576. The molecule has 0 fully saturated rings. The highest BCUT2D eigenvalue weighted by molar-refractivity contribution is 7.16. The van der Waals surface area contributed by atoms with E-state index in [4.69, 9.17) is 9.47 Å². The molecule has 0 atom stereocenters. The van der Waals surface area contributed by atoms with Crippen molar-refractivity contribution >= 4 is 22.3 Å². The topological polar surface area (TPSA) is 82.8 Å². The van der Waals surface area contributed by atoms with Crippen molar-refractivity contribution in [2.75, 3.05) is 6.61 Å². The van der Waals surface area contributed by atoms with Crippen LogP contribution in [0.5, 0.6) is 5.75 Å². The lowest BCUT2D eigenvalue weighted by Gasteiger charge is -2.07. The number of esters is 1. The van der Waals surface area contributed by atoms with Crippen molar-refractivity contribution in [3.63, 3.8) is 0 Å². The molecule has 0 saturated carbocycles. The number of rotatable bonds is 7. The van der Waals surface area contributed by atoms with E-state index in [-0.39, 0.29) is 17.9 Å². The fourth-order valence-electron chi connectivity index (χ4n) is 2.30. The summed E-state index contributed by atoms with van der Waals surface area (Å²) in [5, 5.41) is 5.08. The molecule has 3 rings (SSSR count). The minimum absolute atomic E-state index is 0.0328. The smallest absolute Gasteiger partial charge is 0.344 e. The minimum atomic E-state index is -0.690. The van der Waals surface area contributed by atoms with Crippen molar-refractivity contribution in [1.29, 1.82) is 0 Å². The van der Waals surface area contributed by atoms with E-state index in [9.17, 15) is 14.0 Å². The zero-order valence-electron chi connectivity index (χ0n) is 14.8. The van der Waals surface area contributed by atoms with Crippen LogP contribution in [0.2, 0.25) is 0 Å². The monoisotopic (exact) mass is 391 g/mol. The van der Waals surface area contributed by atoms with Crippen LogP contribution in [0.1, 0.15) is 24.5 Å². The Morgan fingerprint density at radius 3 is 2.85 bits per heavy atom. The van der Waals surface area contributed by atoms with Crippen LogP contribution in [-0.4, -0.2) is 27.2 Å². The molecule has 0 aliphatic heterocycles. The lowest BCUT2D eigenvalue weighted by Crippen LogP contribution is -2.18. The molecule has 142 valence electrons. The fraction of sp³-hybridized carbons (Fsp3) is 0.333. The zero-order valence-corrected chi connectivity index (χ0v) is 15.7. The lowest BCUT2D eigenvalue weighted by molar-refractivity contribution is -0.147. The highest BCUT2D eigenvalue weighted by Crippen LogP contribution is 2.16. The molecular weight excluding hydrogens is 373 g/mol. The van der Waals surface area contributed by atoms with Gasteiger partial charge in [0.2, 0.25) is 4.96 Å². The van der Waals surface area contributed by atoms with Crippen LogP contribution >= 0.6 is 11.3 Å². The Labute approximate surface area is 158 Å². The average molecular weight is 391 g/mol. The molecule has 2 heterocycles. The number of ether oxygens (including phenoxy) is 2. The number of benzene rings is 1. The highest BCUT2D eigenvalue weighted by Gasteiger charge is 2.12. The van der Waals surface area contributed by atoms with E-state index >= 15 is 0 Å². The summed E-state index contributed by atoms with van der Waals surface area (Å²) in [6.07, 6.45) is 0.755. The van der Waals surface area contributed by atoms with Gasteiger partial charge < -0.3 is 9.47 Å². The maximum Gasteiger partial charge on any atom is 0.344 e. The molecule has 0 unspecified atom stereocenters. The maximum absolute atomic E-state index is 13.4. The number of hydrogen-bond acceptors (Lipinski definition) is 7. The third-order valence-corrected chi connectivity index (χ3v) is 4.42. The first-order valence-corrected chi connectivity index (χ1v) is 9.15. The number of hydrogen-bond donors (Lipinski definition) is 0. The number of halogens is 1. The van der Waals surface area contributed by atoms with Gasteiger partial charge in [0.25, 0.3) is 5.56 Å². The van der Waals surface area contributed by atoms with E-state index in [0.717, 1.165) is 11.4 Å². The Kier molecular flexibility index (Phi) is 5.80. The standard InChI is InChI=1S/C18H18FN3O4S/c1-11(2)7-15-21-22-16(23)8-12(20-18(22)27-15)9-26-17(24)10-25-14-6-4-3-5-13(14)19/h3-6,8,11H,7,9-10H2,1-2H3. The molecule has 0 N–H and O–H groups in total. The first kappa shape index (κ1) is 19.0. The lowest BCUT2D eigenvalue weighted by atomic mass is 10.1. The van der Waals surface area contributed by atoms with Crippen molar-refractivity contribution in [3.05, 3.63) is 57.2 Å². The second kappa shape index (κ2) is 8.26.